The van der Waals surface area contributed by atoms with Crippen LogP contribution in [0.5, 0.6) is 0 Å². The number of anilines is 1. The van der Waals surface area contributed by atoms with Crippen LogP contribution in [0.15, 0.2) is 36.5 Å². The van der Waals surface area contributed by atoms with Crippen LogP contribution in [-0.2, 0) is 6.42 Å². The first-order valence-corrected chi connectivity index (χ1v) is 6.70. The maximum absolute atomic E-state index is 5.52. The molecule has 2 aromatic rings. The summed E-state index contributed by atoms with van der Waals surface area (Å²) in [4.78, 5) is 8.99. The zero-order chi connectivity index (χ0) is 13.5. The number of hydrogen-bond acceptors (Lipinski definition) is 4. The quantitative estimate of drug-likeness (QED) is 0.779. The van der Waals surface area contributed by atoms with Gasteiger partial charge in [0.05, 0.1) is 17.6 Å². The first-order valence-electron chi connectivity index (χ1n) is 6.70. The molecule has 0 aliphatic carbocycles. The van der Waals surface area contributed by atoms with E-state index in [4.69, 9.17) is 5.73 Å². The maximum Gasteiger partial charge on any atom is 0.128 e. The fourth-order valence-electron chi connectivity index (χ4n) is 1.86. The van der Waals surface area contributed by atoms with E-state index in [2.05, 4.69) is 34.3 Å². The van der Waals surface area contributed by atoms with Gasteiger partial charge < -0.3 is 11.1 Å². The van der Waals surface area contributed by atoms with Crippen LogP contribution in [0.4, 0.5) is 5.69 Å². The van der Waals surface area contributed by atoms with E-state index in [0.29, 0.717) is 6.54 Å². The molecule has 2 rings (SSSR count). The van der Waals surface area contributed by atoms with Gasteiger partial charge in [0, 0.05) is 18.5 Å². The van der Waals surface area contributed by atoms with Gasteiger partial charge in [-0.3, -0.25) is 0 Å². The summed E-state index contributed by atoms with van der Waals surface area (Å²) < 4.78 is 0. The molecule has 1 heterocycles. The molecule has 0 unspecified atom stereocenters. The molecular formula is C15H20N4. The van der Waals surface area contributed by atoms with Crippen molar-refractivity contribution in [2.75, 3.05) is 18.4 Å². The van der Waals surface area contributed by atoms with Gasteiger partial charge in [0.2, 0.25) is 0 Å². The fourth-order valence-corrected chi connectivity index (χ4v) is 1.86. The molecular weight excluding hydrogens is 236 g/mol. The Kier molecular flexibility index (Phi) is 4.86. The SMILES string of the molecule is CCc1ncc(NCCCN)c(-c2ccccc2)n1. The summed E-state index contributed by atoms with van der Waals surface area (Å²) in [6.45, 7) is 3.58. The van der Waals surface area contributed by atoms with Crippen LogP contribution in [0.2, 0.25) is 0 Å². The minimum atomic E-state index is 0.682. The molecule has 0 bridgehead atoms. The van der Waals surface area contributed by atoms with E-state index in [0.717, 1.165) is 42.2 Å². The van der Waals surface area contributed by atoms with Crippen molar-refractivity contribution in [3.05, 3.63) is 42.4 Å². The van der Waals surface area contributed by atoms with Crippen molar-refractivity contribution >= 4 is 5.69 Å². The normalized spacial score (nSPS) is 10.4. The fraction of sp³-hybridized carbons (Fsp3) is 0.333. The molecule has 19 heavy (non-hydrogen) atoms. The van der Waals surface area contributed by atoms with Gasteiger partial charge in [0.15, 0.2) is 0 Å². The van der Waals surface area contributed by atoms with Crippen LogP contribution in [-0.4, -0.2) is 23.1 Å². The second-order valence-corrected chi connectivity index (χ2v) is 4.34. The molecule has 1 aromatic heterocycles. The summed E-state index contributed by atoms with van der Waals surface area (Å²) in [5.74, 6) is 0.864. The smallest absolute Gasteiger partial charge is 0.128 e. The van der Waals surface area contributed by atoms with E-state index in [9.17, 15) is 0 Å². The van der Waals surface area contributed by atoms with Crippen LogP contribution in [0.25, 0.3) is 11.3 Å². The van der Waals surface area contributed by atoms with Gasteiger partial charge in [-0.1, -0.05) is 37.3 Å². The Balaban J connectivity index is 2.32. The second-order valence-electron chi connectivity index (χ2n) is 4.34. The van der Waals surface area contributed by atoms with E-state index in [-0.39, 0.29) is 0 Å². The van der Waals surface area contributed by atoms with Crippen molar-refractivity contribution in [3.8, 4) is 11.3 Å². The molecule has 4 heteroatoms. The van der Waals surface area contributed by atoms with Crippen molar-refractivity contribution in [2.45, 2.75) is 19.8 Å². The van der Waals surface area contributed by atoms with Crippen LogP contribution >= 0.6 is 0 Å². The van der Waals surface area contributed by atoms with Crippen LogP contribution in [0.3, 0.4) is 0 Å². The largest absolute Gasteiger partial charge is 0.382 e. The molecule has 0 saturated heterocycles. The Labute approximate surface area is 114 Å². The number of rotatable bonds is 6. The first-order chi connectivity index (χ1) is 9.35. The molecule has 1 aromatic carbocycles. The number of nitrogens with one attached hydrogen (secondary N) is 1. The van der Waals surface area contributed by atoms with Gasteiger partial charge in [0.25, 0.3) is 0 Å². The molecule has 0 aliphatic heterocycles. The van der Waals surface area contributed by atoms with Crippen molar-refractivity contribution in [1.82, 2.24) is 9.97 Å². The average Bonchev–Trinajstić information content (AvgIpc) is 2.48. The highest BCUT2D eigenvalue weighted by molar-refractivity contribution is 5.73. The lowest BCUT2D eigenvalue weighted by atomic mass is 10.1. The zero-order valence-corrected chi connectivity index (χ0v) is 11.3. The Morgan fingerprint density at radius 3 is 2.68 bits per heavy atom. The number of hydrogen-bond donors (Lipinski definition) is 2. The number of benzene rings is 1. The lowest BCUT2D eigenvalue weighted by Crippen LogP contribution is -2.10. The number of aromatic nitrogens is 2. The molecule has 100 valence electrons. The van der Waals surface area contributed by atoms with E-state index >= 15 is 0 Å². The van der Waals surface area contributed by atoms with Gasteiger partial charge in [-0.15, -0.1) is 0 Å². The Morgan fingerprint density at radius 2 is 2.00 bits per heavy atom. The summed E-state index contributed by atoms with van der Waals surface area (Å²) in [6.07, 6.45) is 3.64. The van der Waals surface area contributed by atoms with Crippen molar-refractivity contribution in [2.24, 2.45) is 5.73 Å². The third kappa shape index (κ3) is 3.51. The molecule has 4 nitrogen and oxygen atoms in total. The van der Waals surface area contributed by atoms with Gasteiger partial charge in [-0.25, -0.2) is 9.97 Å². The van der Waals surface area contributed by atoms with Crippen molar-refractivity contribution in [1.29, 1.82) is 0 Å². The van der Waals surface area contributed by atoms with Gasteiger partial charge in [-0.2, -0.15) is 0 Å². The van der Waals surface area contributed by atoms with Gasteiger partial charge in [-0.05, 0) is 13.0 Å². The van der Waals surface area contributed by atoms with Crippen molar-refractivity contribution in [3.63, 3.8) is 0 Å². The minimum Gasteiger partial charge on any atom is -0.382 e. The summed E-state index contributed by atoms with van der Waals surface area (Å²) in [6, 6.07) is 10.2. The zero-order valence-electron chi connectivity index (χ0n) is 11.3. The summed E-state index contributed by atoms with van der Waals surface area (Å²) >= 11 is 0. The lowest BCUT2D eigenvalue weighted by Gasteiger charge is -2.11. The molecule has 0 saturated carbocycles. The summed E-state index contributed by atoms with van der Waals surface area (Å²) in [5, 5.41) is 3.36. The van der Waals surface area contributed by atoms with Crippen LogP contribution in [0.1, 0.15) is 19.2 Å². The molecule has 0 atom stereocenters. The number of aryl methyl sites for hydroxylation is 1. The topological polar surface area (TPSA) is 63.8 Å². The second kappa shape index (κ2) is 6.85. The van der Waals surface area contributed by atoms with Crippen LogP contribution in [0, 0.1) is 0 Å². The highest BCUT2D eigenvalue weighted by Crippen LogP contribution is 2.25. The van der Waals surface area contributed by atoms with Gasteiger partial charge >= 0.3 is 0 Å². The minimum absolute atomic E-state index is 0.682. The molecule has 0 aliphatic rings. The third-order valence-corrected chi connectivity index (χ3v) is 2.90. The predicted octanol–water partition coefficient (Wildman–Crippen LogP) is 2.47. The van der Waals surface area contributed by atoms with Gasteiger partial charge in [0.1, 0.15) is 5.82 Å². The molecule has 0 amide bonds. The molecule has 3 N–H and O–H groups in total. The molecule has 0 spiro atoms. The Morgan fingerprint density at radius 1 is 1.21 bits per heavy atom. The standard InChI is InChI=1S/C15H20N4/c1-2-14-18-11-13(17-10-6-9-16)15(19-14)12-7-4-3-5-8-12/h3-5,7-8,11,17H,2,6,9-10,16H2,1H3. The Hall–Kier alpha value is -1.94. The Bertz CT molecular complexity index is 511. The van der Waals surface area contributed by atoms with Crippen LogP contribution < -0.4 is 11.1 Å². The summed E-state index contributed by atoms with van der Waals surface area (Å²) in [7, 11) is 0. The average molecular weight is 256 g/mol. The maximum atomic E-state index is 5.52. The predicted molar refractivity (Wildman–Crippen MR) is 79.0 cm³/mol. The van der Waals surface area contributed by atoms with E-state index in [1.54, 1.807) is 0 Å². The van der Waals surface area contributed by atoms with E-state index in [1.807, 2.05) is 24.4 Å². The molecule has 0 radical (unpaired) electrons. The molecule has 0 fully saturated rings. The lowest BCUT2D eigenvalue weighted by molar-refractivity contribution is 0.869. The number of nitrogens with two attached hydrogens (primary N) is 1. The number of nitrogens with zero attached hydrogens (tertiary/aromatic N) is 2. The first kappa shape index (κ1) is 13.5. The summed E-state index contributed by atoms with van der Waals surface area (Å²) in [5.41, 5.74) is 8.55. The monoisotopic (exact) mass is 256 g/mol. The highest BCUT2D eigenvalue weighted by Gasteiger charge is 2.08. The van der Waals surface area contributed by atoms with Crippen molar-refractivity contribution < 1.29 is 0 Å². The van der Waals surface area contributed by atoms with E-state index < -0.39 is 0 Å². The highest BCUT2D eigenvalue weighted by atomic mass is 15.0. The third-order valence-electron chi connectivity index (χ3n) is 2.90. The van der Waals surface area contributed by atoms with E-state index in [1.165, 1.54) is 0 Å².